The molecule has 0 atom stereocenters. The van der Waals surface area contributed by atoms with Crippen molar-refractivity contribution in [1.29, 1.82) is 0 Å². The van der Waals surface area contributed by atoms with Gasteiger partial charge in [0.1, 0.15) is 0 Å². The summed E-state index contributed by atoms with van der Waals surface area (Å²) in [5.74, 6) is 0. The molecule has 2 nitrogen and oxygen atoms in total. The number of rotatable bonds is 0. The molecular weight excluding hydrogens is 178 g/mol. The van der Waals surface area contributed by atoms with E-state index < -0.39 is 10.8 Å². The van der Waals surface area contributed by atoms with Crippen molar-refractivity contribution in [2.75, 3.05) is 0 Å². The molecule has 2 rings (SSSR count). The van der Waals surface area contributed by atoms with E-state index in [2.05, 4.69) is 4.98 Å². The maximum absolute atomic E-state index is 10.2. The first-order chi connectivity index (χ1) is 5.39. The number of allylic oxidation sites excluding steroid dienone is 2. The van der Waals surface area contributed by atoms with Crippen molar-refractivity contribution < 1.29 is 4.21 Å². The summed E-state index contributed by atoms with van der Waals surface area (Å²) in [6.45, 7) is 0. The zero-order valence-electron chi connectivity index (χ0n) is 5.71. The number of hydrogen-bond donors (Lipinski definition) is 0. The summed E-state index contributed by atoms with van der Waals surface area (Å²) in [7, 11) is -0.784. The Kier molecular flexibility index (Phi) is 3.79. The summed E-state index contributed by atoms with van der Waals surface area (Å²) >= 11 is 1.60. The molecule has 1 aromatic rings. The molecule has 0 N–H and O–H groups in total. The van der Waals surface area contributed by atoms with Crippen LogP contribution < -0.4 is 0 Å². The summed E-state index contributed by atoms with van der Waals surface area (Å²) in [5, 5.41) is 5.21. The standard InChI is InChI=1S/C4H4OS.C3H3NS/c5-6-3-1-2-4-6;1-2-5-3-4-1/h1-4H;1-3H. The number of thiazole rings is 1. The van der Waals surface area contributed by atoms with Gasteiger partial charge < -0.3 is 0 Å². The van der Waals surface area contributed by atoms with Gasteiger partial charge in [0, 0.05) is 22.4 Å². The Morgan fingerprint density at radius 2 is 2.00 bits per heavy atom. The van der Waals surface area contributed by atoms with Crippen molar-refractivity contribution in [3.8, 4) is 0 Å². The molecule has 1 aliphatic heterocycles. The van der Waals surface area contributed by atoms with E-state index in [0.29, 0.717) is 0 Å². The van der Waals surface area contributed by atoms with Gasteiger partial charge in [-0.25, -0.2) is 0 Å². The monoisotopic (exact) mass is 185 g/mol. The fraction of sp³-hybridized carbons (Fsp3) is 0. The third kappa shape index (κ3) is 3.85. The van der Waals surface area contributed by atoms with Gasteiger partial charge in [-0.3, -0.25) is 9.19 Å². The first kappa shape index (κ1) is 8.36. The van der Waals surface area contributed by atoms with Crippen molar-refractivity contribution in [1.82, 2.24) is 4.98 Å². The third-order valence-electron chi connectivity index (χ3n) is 0.884. The van der Waals surface area contributed by atoms with Gasteiger partial charge in [-0.2, -0.15) is 0 Å². The Labute approximate surface area is 71.7 Å². The molecule has 0 radical (unpaired) electrons. The van der Waals surface area contributed by atoms with Crippen molar-refractivity contribution >= 4 is 22.1 Å². The van der Waals surface area contributed by atoms with Crippen molar-refractivity contribution in [3.63, 3.8) is 0 Å². The van der Waals surface area contributed by atoms with Gasteiger partial charge in [-0.05, 0) is 0 Å². The van der Waals surface area contributed by atoms with Crippen molar-refractivity contribution in [2.24, 2.45) is 0 Å². The van der Waals surface area contributed by atoms with Crippen LogP contribution in [0.25, 0.3) is 0 Å². The summed E-state index contributed by atoms with van der Waals surface area (Å²) in [5.41, 5.74) is 1.79. The number of nitrogens with zero attached hydrogens (tertiary/aromatic N) is 1. The second-order valence-corrected chi connectivity index (χ2v) is 3.62. The lowest BCUT2D eigenvalue weighted by Crippen LogP contribution is -1.63. The first-order valence-electron chi connectivity index (χ1n) is 2.96. The maximum Gasteiger partial charge on any atom is 0.0791 e. The van der Waals surface area contributed by atoms with Crippen LogP contribution >= 0.6 is 11.3 Å². The van der Waals surface area contributed by atoms with Crippen LogP contribution in [-0.4, -0.2) is 9.19 Å². The molecule has 0 saturated carbocycles. The van der Waals surface area contributed by atoms with E-state index >= 15 is 0 Å². The molecule has 4 heteroatoms. The van der Waals surface area contributed by atoms with Gasteiger partial charge >= 0.3 is 0 Å². The molecule has 0 unspecified atom stereocenters. The minimum absolute atomic E-state index is 0.784. The smallest absolute Gasteiger partial charge is 0.0791 e. The van der Waals surface area contributed by atoms with E-state index in [9.17, 15) is 4.21 Å². The average Bonchev–Trinajstić information content (AvgIpc) is 2.57. The molecule has 0 saturated heterocycles. The highest BCUT2D eigenvalue weighted by atomic mass is 32.2. The van der Waals surface area contributed by atoms with Crippen LogP contribution in [0.4, 0.5) is 0 Å². The SMILES string of the molecule is O=S1C=CC=C1.c1cscn1. The minimum atomic E-state index is -0.784. The molecule has 0 bridgehead atoms. The number of aromatic nitrogens is 1. The minimum Gasteiger partial charge on any atom is -0.253 e. The molecule has 1 aromatic heterocycles. The van der Waals surface area contributed by atoms with Gasteiger partial charge in [0.15, 0.2) is 0 Å². The topological polar surface area (TPSA) is 30.0 Å². The Hall–Kier alpha value is -0.740. The van der Waals surface area contributed by atoms with E-state index in [1.807, 2.05) is 5.38 Å². The molecule has 0 aromatic carbocycles. The zero-order chi connectivity index (χ0) is 7.94. The summed E-state index contributed by atoms with van der Waals surface area (Å²) in [6, 6.07) is 0. The molecule has 11 heavy (non-hydrogen) atoms. The van der Waals surface area contributed by atoms with Crippen LogP contribution in [0.15, 0.2) is 40.1 Å². The second-order valence-electron chi connectivity index (χ2n) is 1.66. The Morgan fingerprint density at radius 3 is 2.18 bits per heavy atom. The molecule has 1 aliphatic rings. The normalized spacial score (nSPS) is 14.5. The van der Waals surface area contributed by atoms with E-state index in [0.717, 1.165) is 0 Å². The van der Waals surface area contributed by atoms with Gasteiger partial charge in [0.25, 0.3) is 0 Å². The van der Waals surface area contributed by atoms with Crippen LogP contribution in [0, 0.1) is 0 Å². The van der Waals surface area contributed by atoms with Gasteiger partial charge in [-0.1, -0.05) is 12.2 Å². The Morgan fingerprint density at radius 1 is 1.27 bits per heavy atom. The van der Waals surface area contributed by atoms with Crippen molar-refractivity contribution in [3.05, 3.63) is 40.1 Å². The molecular formula is C7H7NOS2. The maximum atomic E-state index is 10.2. The number of hydrogen-bond acceptors (Lipinski definition) is 3. The van der Waals surface area contributed by atoms with Crippen LogP contribution in [0.1, 0.15) is 0 Å². The Balaban J connectivity index is 0.000000112. The molecule has 58 valence electrons. The lowest BCUT2D eigenvalue weighted by molar-refractivity contribution is 0.693. The molecule has 0 fully saturated rings. The van der Waals surface area contributed by atoms with E-state index in [-0.39, 0.29) is 0 Å². The molecule has 0 aliphatic carbocycles. The lowest BCUT2D eigenvalue weighted by Gasteiger charge is -1.65. The van der Waals surface area contributed by atoms with E-state index in [1.54, 1.807) is 46.0 Å². The summed E-state index contributed by atoms with van der Waals surface area (Å²) < 4.78 is 10.2. The highest BCUT2D eigenvalue weighted by molar-refractivity contribution is 7.91. The first-order valence-corrected chi connectivity index (χ1v) is 5.18. The predicted octanol–water partition coefficient (Wildman–Crippen LogP) is 1.92. The fourth-order valence-electron chi connectivity index (χ4n) is 0.467. The zero-order valence-corrected chi connectivity index (χ0v) is 7.35. The molecule has 2 heterocycles. The van der Waals surface area contributed by atoms with Gasteiger partial charge in [0.05, 0.1) is 16.3 Å². The summed E-state index contributed by atoms with van der Waals surface area (Å²) in [6.07, 6.45) is 5.32. The largest absolute Gasteiger partial charge is 0.253 e. The van der Waals surface area contributed by atoms with E-state index in [1.165, 1.54) is 0 Å². The quantitative estimate of drug-likeness (QED) is 0.618. The Bertz CT molecular complexity index is 233. The van der Waals surface area contributed by atoms with Crippen molar-refractivity contribution in [2.45, 2.75) is 0 Å². The average molecular weight is 185 g/mol. The third-order valence-corrected chi connectivity index (χ3v) is 2.26. The lowest BCUT2D eigenvalue weighted by atomic mass is 10.6. The fourth-order valence-corrected chi connectivity index (χ4v) is 1.40. The van der Waals surface area contributed by atoms with Gasteiger partial charge in [0.2, 0.25) is 0 Å². The van der Waals surface area contributed by atoms with Crippen LogP contribution in [0.5, 0.6) is 0 Å². The van der Waals surface area contributed by atoms with Gasteiger partial charge in [-0.15, -0.1) is 11.3 Å². The second kappa shape index (κ2) is 4.98. The van der Waals surface area contributed by atoms with Crippen LogP contribution in [-0.2, 0) is 10.8 Å². The summed E-state index contributed by atoms with van der Waals surface area (Å²) in [4.78, 5) is 3.74. The van der Waals surface area contributed by atoms with E-state index in [4.69, 9.17) is 0 Å². The highest BCUT2D eigenvalue weighted by Crippen LogP contribution is 1.95. The molecule has 0 amide bonds. The van der Waals surface area contributed by atoms with Crippen LogP contribution in [0.3, 0.4) is 0 Å². The predicted molar refractivity (Wildman–Crippen MR) is 48.5 cm³/mol. The van der Waals surface area contributed by atoms with Crippen LogP contribution in [0.2, 0.25) is 0 Å². The highest BCUT2D eigenvalue weighted by Gasteiger charge is 1.86. The molecule has 0 spiro atoms.